The summed E-state index contributed by atoms with van der Waals surface area (Å²) in [6.45, 7) is 1.84. The van der Waals surface area contributed by atoms with Crippen LogP contribution in [0.2, 0.25) is 0 Å². The fourth-order valence-electron chi connectivity index (χ4n) is 4.86. The average Bonchev–Trinajstić information content (AvgIpc) is 2.80. The van der Waals surface area contributed by atoms with Crippen LogP contribution in [0.25, 0.3) is 0 Å². The molecule has 0 bridgehead atoms. The minimum Gasteiger partial charge on any atom is -0.147 e. The van der Waals surface area contributed by atoms with Gasteiger partial charge in [-0.05, 0) is 0 Å². The molecule has 170 valence electrons. The van der Waals surface area contributed by atoms with Crippen molar-refractivity contribution in [2.45, 2.75) is 24.9 Å². The molecule has 0 aliphatic carbocycles. The SMILES string of the molecule is CC1(C)OCC([N+](=O)[O-])(P(C)(c2ccccc2)(c2ccccc2)c2ccccc2)CO1.Cl. The van der Waals surface area contributed by atoms with Crippen molar-refractivity contribution in [2.75, 3.05) is 19.9 Å². The van der Waals surface area contributed by atoms with Gasteiger partial charge in [0, 0.05) is 0 Å². The first-order valence-electron chi connectivity index (χ1n) is 10.4. The van der Waals surface area contributed by atoms with Gasteiger partial charge in [-0.2, -0.15) is 0 Å². The molecule has 1 heterocycles. The van der Waals surface area contributed by atoms with E-state index in [1.807, 2.05) is 91.0 Å². The van der Waals surface area contributed by atoms with Gasteiger partial charge in [-0.1, -0.05) is 0 Å². The van der Waals surface area contributed by atoms with Crippen molar-refractivity contribution >= 4 is 34.9 Å². The molecule has 0 atom stereocenters. The van der Waals surface area contributed by atoms with Crippen LogP contribution in [0.1, 0.15) is 13.8 Å². The molecular formula is C25H29ClNO4P. The van der Waals surface area contributed by atoms with Crippen LogP contribution in [0.4, 0.5) is 0 Å². The van der Waals surface area contributed by atoms with Gasteiger partial charge in [0.25, 0.3) is 0 Å². The summed E-state index contributed by atoms with van der Waals surface area (Å²) in [5.74, 6) is -0.876. The van der Waals surface area contributed by atoms with Crippen LogP contribution < -0.4 is 15.9 Å². The fraction of sp³-hybridized carbons (Fsp3) is 0.280. The van der Waals surface area contributed by atoms with Gasteiger partial charge < -0.3 is 0 Å². The van der Waals surface area contributed by atoms with E-state index < -0.39 is 17.7 Å². The Kier molecular flexibility index (Phi) is 6.52. The molecule has 0 saturated carbocycles. The Morgan fingerprint density at radius 3 is 1.34 bits per heavy atom. The summed E-state index contributed by atoms with van der Waals surface area (Å²) in [6.07, 6.45) is 0. The van der Waals surface area contributed by atoms with Gasteiger partial charge in [0.05, 0.1) is 0 Å². The predicted octanol–water partition coefficient (Wildman–Crippen LogP) is 4.32. The molecule has 3 aromatic rings. The molecule has 7 heteroatoms. The fourth-order valence-corrected chi connectivity index (χ4v) is 11.1. The maximum absolute atomic E-state index is 13.1. The Hall–Kier alpha value is -2.30. The zero-order valence-electron chi connectivity index (χ0n) is 18.5. The van der Waals surface area contributed by atoms with Crippen molar-refractivity contribution in [2.24, 2.45) is 0 Å². The molecule has 1 saturated heterocycles. The monoisotopic (exact) mass is 473 g/mol. The molecule has 0 N–H and O–H groups in total. The first-order chi connectivity index (χ1) is 14.8. The van der Waals surface area contributed by atoms with E-state index >= 15 is 0 Å². The second-order valence-electron chi connectivity index (χ2n) is 8.79. The quantitative estimate of drug-likeness (QED) is 0.314. The van der Waals surface area contributed by atoms with E-state index in [2.05, 4.69) is 6.66 Å². The van der Waals surface area contributed by atoms with E-state index in [0.29, 0.717) is 0 Å². The van der Waals surface area contributed by atoms with E-state index in [4.69, 9.17) is 9.47 Å². The first kappa shape index (κ1) is 24.3. The summed E-state index contributed by atoms with van der Waals surface area (Å²) in [7, 11) is 0. The van der Waals surface area contributed by atoms with Crippen LogP contribution in [0.15, 0.2) is 91.0 Å². The Morgan fingerprint density at radius 1 is 0.750 bits per heavy atom. The number of halogens is 1. The summed E-state index contributed by atoms with van der Waals surface area (Å²) in [6, 6.07) is 29.6. The van der Waals surface area contributed by atoms with Gasteiger partial charge in [-0.15, -0.1) is 12.4 Å². The van der Waals surface area contributed by atoms with Gasteiger partial charge >= 0.3 is 183 Å². The molecule has 32 heavy (non-hydrogen) atoms. The van der Waals surface area contributed by atoms with E-state index in [1.54, 1.807) is 13.8 Å². The van der Waals surface area contributed by atoms with Crippen molar-refractivity contribution in [1.82, 2.24) is 0 Å². The third-order valence-electron chi connectivity index (χ3n) is 6.89. The average molecular weight is 474 g/mol. The summed E-state index contributed by atoms with van der Waals surface area (Å²) in [5.41, 5.74) is 0. The number of benzene rings is 3. The predicted molar refractivity (Wildman–Crippen MR) is 134 cm³/mol. The topological polar surface area (TPSA) is 61.6 Å². The molecule has 1 aliphatic heterocycles. The molecular weight excluding hydrogens is 445 g/mol. The molecule has 0 aromatic heterocycles. The van der Waals surface area contributed by atoms with Crippen LogP contribution in [0.3, 0.4) is 0 Å². The number of nitrogens with zero attached hydrogens (tertiary/aromatic N) is 1. The van der Waals surface area contributed by atoms with Crippen LogP contribution in [0.5, 0.6) is 0 Å². The number of rotatable bonds is 5. The maximum atomic E-state index is 13.1. The molecule has 5 nitrogen and oxygen atoms in total. The first-order valence-corrected chi connectivity index (χ1v) is 13.0. The van der Waals surface area contributed by atoms with Crippen LogP contribution in [-0.4, -0.2) is 35.9 Å². The van der Waals surface area contributed by atoms with Gasteiger partial charge in [-0.3, -0.25) is 0 Å². The minimum atomic E-state index is -3.78. The van der Waals surface area contributed by atoms with Gasteiger partial charge in [0.1, 0.15) is 0 Å². The van der Waals surface area contributed by atoms with E-state index in [9.17, 15) is 10.1 Å². The molecule has 4 rings (SSSR count). The zero-order chi connectivity index (χ0) is 22.2. The van der Waals surface area contributed by atoms with Crippen LogP contribution in [0, 0.1) is 10.1 Å². The maximum Gasteiger partial charge on any atom is -0.147 e. The Balaban J connectivity index is 0.00000289. The zero-order valence-corrected chi connectivity index (χ0v) is 20.2. The summed E-state index contributed by atoms with van der Waals surface area (Å²) >= 11 is 0. The number of hydrogen-bond acceptors (Lipinski definition) is 4. The van der Waals surface area contributed by atoms with E-state index in [1.165, 1.54) is 0 Å². The molecule has 0 radical (unpaired) electrons. The standard InChI is InChI=1S/C25H28NO4P.ClH/c1-24(2)29-19-25(20-30-24,26(27)28)31(3,21-13-7-4-8-14-21,22-15-9-5-10-16-22)23-17-11-6-12-18-23;/h4-18H,19-20H2,1-3H3;1H. The Morgan fingerprint density at radius 2 is 1.06 bits per heavy atom. The van der Waals surface area contributed by atoms with E-state index in [-0.39, 0.29) is 30.5 Å². The molecule has 0 amide bonds. The third kappa shape index (κ3) is 3.27. The smallest absolute Gasteiger partial charge is 0.147 e. The van der Waals surface area contributed by atoms with Crippen molar-refractivity contribution < 1.29 is 14.4 Å². The minimum absolute atomic E-state index is 0. The number of hydrogen-bond donors (Lipinski definition) is 0. The van der Waals surface area contributed by atoms with Gasteiger partial charge in [0.15, 0.2) is 0 Å². The molecule has 3 aromatic carbocycles. The third-order valence-corrected chi connectivity index (χ3v) is 14.2. The molecule has 1 fully saturated rings. The van der Waals surface area contributed by atoms with Crippen LogP contribution >= 0.6 is 19.0 Å². The van der Waals surface area contributed by atoms with Crippen molar-refractivity contribution in [3.63, 3.8) is 0 Å². The summed E-state index contributed by atoms with van der Waals surface area (Å²) in [5, 5.41) is 14.5. The second kappa shape index (κ2) is 8.57. The Labute approximate surface area is 195 Å². The molecule has 0 spiro atoms. The molecule has 0 unspecified atom stereocenters. The van der Waals surface area contributed by atoms with Crippen molar-refractivity contribution in [1.29, 1.82) is 0 Å². The second-order valence-corrected chi connectivity index (χ2v) is 14.3. The molecule has 1 aliphatic rings. The van der Waals surface area contributed by atoms with Gasteiger partial charge in [-0.25, -0.2) is 0 Å². The number of ether oxygens (including phenoxy) is 2. The van der Waals surface area contributed by atoms with Crippen LogP contribution in [-0.2, 0) is 9.47 Å². The normalized spacial score (nSPS) is 18.5. The summed E-state index contributed by atoms with van der Waals surface area (Å²) < 4.78 is 12.1. The van der Waals surface area contributed by atoms with Gasteiger partial charge in [0.2, 0.25) is 0 Å². The summed E-state index contributed by atoms with van der Waals surface area (Å²) in [4.78, 5) is 13.0. The van der Waals surface area contributed by atoms with Crippen molar-refractivity contribution in [3.05, 3.63) is 101 Å². The van der Waals surface area contributed by atoms with E-state index in [0.717, 1.165) is 15.9 Å². The Bertz CT molecular complexity index is 967. The van der Waals surface area contributed by atoms with Crippen molar-refractivity contribution in [3.8, 4) is 0 Å². The largest absolute Gasteiger partial charge is 0.147 e. The number of nitro groups is 1.